The van der Waals surface area contributed by atoms with Crippen molar-refractivity contribution in [1.29, 1.82) is 0 Å². The van der Waals surface area contributed by atoms with Gasteiger partial charge < -0.3 is 9.32 Å². The summed E-state index contributed by atoms with van der Waals surface area (Å²) < 4.78 is 6.40. The van der Waals surface area contributed by atoms with Crippen molar-refractivity contribution >= 4 is 34.7 Å². The molecule has 0 radical (unpaired) electrons. The van der Waals surface area contributed by atoms with Gasteiger partial charge in [0.2, 0.25) is 0 Å². The van der Waals surface area contributed by atoms with Gasteiger partial charge in [0, 0.05) is 50.2 Å². The molecular weight excluding hydrogens is 580 g/mol. The molecule has 2 aliphatic carbocycles. The van der Waals surface area contributed by atoms with Crippen LogP contribution in [0.5, 0.6) is 0 Å². The normalized spacial score (nSPS) is 15.0. The van der Waals surface area contributed by atoms with Gasteiger partial charge in [-0.1, -0.05) is 91.8 Å². The number of Topliss-reactive ketones (excluding diaryl/α,β-unsaturated/α-hetero) is 2. The molecule has 0 saturated heterocycles. The second-order valence-electron chi connectivity index (χ2n) is 15.3. The Morgan fingerprint density at radius 1 is 0.681 bits per heavy atom. The zero-order valence-corrected chi connectivity index (χ0v) is 28.4. The molecule has 0 aliphatic heterocycles. The number of ketones is 2. The van der Waals surface area contributed by atoms with E-state index < -0.39 is 0 Å². The molecule has 0 amide bonds. The lowest BCUT2D eigenvalue weighted by Crippen LogP contribution is -2.17. The van der Waals surface area contributed by atoms with Gasteiger partial charge in [-0.15, -0.1) is 0 Å². The molecule has 7 rings (SSSR count). The van der Waals surface area contributed by atoms with Gasteiger partial charge >= 0.3 is 0 Å². The van der Waals surface area contributed by atoms with Crippen LogP contribution in [-0.2, 0) is 16.2 Å². The second-order valence-corrected chi connectivity index (χ2v) is 15.3. The van der Waals surface area contributed by atoms with Crippen LogP contribution in [0.4, 0.5) is 17.1 Å². The Labute approximate surface area is 277 Å². The van der Waals surface area contributed by atoms with E-state index >= 15 is 0 Å². The first-order valence-corrected chi connectivity index (χ1v) is 16.2. The van der Waals surface area contributed by atoms with Gasteiger partial charge in [0.25, 0.3) is 0 Å². The zero-order valence-electron chi connectivity index (χ0n) is 28.4. The summed E-state index contributed by atoms with van der Waals surface area (Å²) >= 11 is 0. The fraction of sp³-hybridized carbons (Fsp3) is 0.262. The van der Waals surface area contributed by atoms with Crippen LogP contribution in [0, 0.1) is 0 Å². The first-order chi connectivity index (χ1) is 22.1. The van der Waals surface area contributed by atoms with Crippen molar-refractivity contribution in [1.82, 2.24) is 4.98 Å². The van der Waals surface area contributed by atoms with Crippen LogP contribution >= 0.6 is 0 Å². The molecule has 0 saturated carbocycles. The molecule has 236 valence electrons. The summed E-state index contributed by atoms with van der Waals surface area (Å²) in [6, 6.07) is 28.5. The van der Waals surface area contributed by atoms with E-state index in [0.29, 0.717) is 16.9 Å². The Bertz CT molecular complexity index is 2000. The predicted octanol–water partition coefficient (Wildman–Crippen LogP) is 10.5. The van der Waals surface area contributed by atoms with E-state index in [0.717, 1.165) is 45.2 Å². The molecule has 2 aliphatic rings. The summed E-state index contributed by atoms with van der Waals surface area (Å²) in [5, 5.41) is 0. The monoisotopic (exact) mass is 620 g/mol. The Morgan fingerprint density at radius 3 is 1.87 bits per heavy atom. The maximum atomic E-state index is 13.0. The first-order valence-electron chi connectivity index (χ1n) is 16.2. The number of pyridine rings is 1. The summed E-state index contributed by atoms with van der Waals surface area (Å²) in [5.74, 6) is 0.767. The molecule has 5 aromatic rings. The number of furan rings is 1. The largest absolute Gasteiger partial charge is 0.456 e. The highest BCUT2D eigenvalue weighted by Crippen LogP contribution is 2.52. The Balaban J connectivity index is 1.29. The molecule has 0 fully saturated rings. The molecule has 0 unspecified atom stereocenters. The molecule has 0 atom stereocenters. The number of nitrogens with zero attached hydrogens (tertiary/aromatic N) is 2. The van der Waals surface area contributed by atoms with Crippen molar-refractivity contribution in [3.05, 3.63) is 136 Å². The minimum absolute atomic E-state index is 0.0493. The standard InChI is InChI=1S/C42H40N2O3/c1-40(2,3)25-13-15-26(16-14-25)44(28-18-20-36(43-24-28)41(4,5)6)27-17-19-32-34(21-27)42(7,8)35-23-29(47-39(32)35)22-33-37(45)30-11-9-10-12-31(30)38(33)46/h9-24H,1-8H3. The van der Waals surface area contributed by atoms with Crippen molar-refractivity contribution in [3.8, 4) is 11.3 Å². The van der Waals surface area contributed by atoms with Crippen molar-refractivity contribution in [3.63, 3.8) is 0 Å². The molecule has 3 aromatic carbocycles. The Hall–Kier alpha value is -5.03. The molecule has 0 bridgehead atoms. The van der Waals surface area contributed by atoms with E-state index in [9.17, 15) is 9.59 Å². The van der Waals surface area contributed by atoms with Crippen LogP contribution < -0.4 is 4.90 Å². The van der Waals surface area contributed by atoms with E-state index in [1.54, 1.807) is 30.3 Å². The predicted molar refractivity (Wildman–Crippen MR) is 189 cm³/mol. The molecule has 47 heavy (non-hydrogen) atoms. The van der Waals surface area contributed by atoms with Crippen LogP contribution in [-0.4, -0.2) is 16.6 Å². The van der Waals surface area contributed by atoms with Crippen molar-refractivity contribution in [2.75, 3.05) is 4.90 Å². The lowest BCUT2D eigenvalue weighted by molar-refractivity contribution is 0.0990. The highest BCUT2D eigenvalue weighted by atomic mass is 16.3. The first kappa shape index (κ1) is 30.6. The van der Waals surface area contributed by atoms with E-state index in [1.807, 2.05) is 12.3 Å². The molecule has 5 nitrogen and oxygen atoms in total. The number of carbonyl (C=O) groups excluding carboxylic acids is 2. The van der Waals surface area contributed by atoms with Crippen LogP contribution in [0.25, 0.3) is 17.4 Å². The average molecular weight is 621 g/mol. The third-order valence-electron chi connectivity index (χ3n) is 9.56. The van der Waals surface area contributed by atoms with Crippen LogP contribution in [0.3, 0.4) is 0 Å². The maximum absolute atomic E-state index is 13.0. The number of benzene rings is 3. The molecule has 5 heteroatoms. The van der Waals surface area contributed by atoms with E-state index in [1.165, 1.54) is 5.56 Å². The molecule has 0 N–H and O–H groups in total. The Kier molecular flexibility index (Phi) is 6.84. The maximum Gasteiger partial charge on any atom is 0.197 e. The van der Waals surface area contributed by atoms with Crippen molar-refractivity contribution in [2.24, 2.45) is 0 Å². The summed E-state index contributed by atoms with van der Waals surface area (Å²) in [5.41, 5.74) is 9.23. The van der Waals surface area contributed by atoms with Gasteiger partial charge in [-0.25, -0.2) is 0 Å². The van der Waals surface area contributed by atoms with Gasteiger partial charge in [0.1, 0.15) is 11.5 Å². The fourth-order valence-corrected chi connectivity index (χ4v) is 6.74. The van der Waals surface area contributed by atoms with Crippen molar-refractivity contribution in [2.45, 2.75) is 71.6 Å². The number of carbonyl (C=O) groups is 2. The van der Waals surface area contributed by atoms with Gasteiger partial charge in [0.15, 0.2) is 11.6 Å². The third kappa shape index (κ3) is 5.05. The van der Waals surface area contributed by atoms with Crippen LogP contribution in [0.15, 0.2) is 101 Å². The third-order valence-corrected chi connectivity index (χ3v) is 9.56. The number of allylic oxidation sites excluding steroid dienone is 1. The lowest BCUT2D eigenvalue weighted by Gasteiger charge is -2.29. The summed E-state index contributed by atoms with van der Waals surface area (Å²) in [4.78, 5) is 33.2. The lowest BCUT2D eigenvalue weighted by atomic mass is 9.82. The van der Waals surface area contributed by atoms with Gasteiger partial charge in [0.05, 0.1) is 17.5 Å². The number of fused-ring (bicyclic) bond motifs is 4. The highest BCUT2D eigenvalue weighted by molar-refractivity contribution is 6.41. The minimum Gasteiger partial charge on any atom is -0.456 e. The highest BCUT2D eigenvalue weighted by Gasteiger charge is 2.40. The topological polar surface area (TPSA) is 63.4 Å². The number of hydrogen-bond acceptors (Lipinski definition) is 5. The van der Waals surface area contributed by atoms with Crippen molar-refractivity contribution < 1.29 is 14.0 Å². The molecular formula is C42H40N2O3. The second kappa shape index (κ2) is 10.5. The molecule has 2 heterocycles. The molecule has 0 spiro atoms. The summed E-state index contributed by atoms with van der Waals surface area (Å²) in [6.45, 7) is 17.6. The SMILES string of the molecule is CC(C)(C)c1ccc(N(c2ccc(C(C)(C)C)nc2)c2ccc3c(c2)C(C)(C)c2cc(C=C4C(=O)c5ccccc5C4=O)oc2-3)cc1. The van der Waals surface area contributed by atoms with Crippen LogP contribution in [0.1, 0.15) is 104 Å². The smallest absolute Gasteiger partial charge is 0.197 e. The molecule has 2 aromatic heterocycles. The van der Waals surface area contributed by atoms with E-state index in [4.69, 9.17) is 9.40 Å². The zero-order chi connectivity index (χ0) is 33.5. The van der Waals surface area contributed by atoms with Gasteiger partial charge in [-0.05, 0) is 71.1 Å². The number of rotatable bonds is 4. The average Bonchev–Trinajstić information content (AvgIpc) is 3.63. The van der Waals surface area contributed by atoms with Crippen LogP contribution in [0.2, 0.25) is 0 Å². The van der Waals surface area contributed by atoms with Gasteiger partial charge in [-0.3, -0.25) is 14.6 Å². The quantitative estimate of drug-likeness (QED) is 0.148. The number of hydrogen-bond donors (Lipinski definition) is 0. The fourth-order valence-electron chi connectivity index (χ4n) is 6.74. The van der Waals surface area contributed by atoms with E-state index in [-0.39, 0.29) is 33.4 Å². The minimum atomic E-state index is -0.371. The Morgan fingerprint density at radius 2 is 1.30 bits per heavy atom. The van der Waals surface area contributed by atoms with Gasteiger partial charge in [-0.2, -0.15) is 0 Å². The number of anilines is 3. The van der Waals surface area contributed by atoms with E-state index in [2.05, 4.69) is 115 Å². The summed E-state index contributed by atoms with van der Waals surface area (Å²) in [7, 11) is 0. The number of aromatic nitrogens is 1. The summed E-state index contributed by atoms with van der Waals surface area (Å²) in [6.07, 6.45) is 3.56.